The topological polar surface area (TPSA) is 81.6 Å². The number of nitrogens with one attached hydrogen (secondary N) is 2. The second-order valence-corrected chi connectivity index (χ2v) is 8.57. The third kappa shape index (κ3) is 5.86. The first-order valence-electron chi connectivity index (χ1n) is 12.3. The maximum absolute atomic E-state index is 14.3. The average Bonchev–Trinajstić information content (AvgIpc) is 3.30. The van der Waals surface area contributed by atoms with E-state index in [1.807, 2.05) is 49.5 Å². The Bertz CT molecular complexity index is 1490. The minimum absolute atomic E-state index is 0.0181. The summed E-state index contributed by atoms with van der Waals surface area (Å²) in [6.07, 6.45) is 4.07. The van der Waals surface area contributed by atoms with E-state index in [1.165, 1.54) is 18.2 Å². The molecule has 4 rings (SSSR count). The van der Waals surface area contributed by atoms with Gasteiger partial charge in [0, 0.05) is 35.8 Å². The Hall–Kier alpha value is -4.59. The van der Waals surface area contributed by atoms with E-state index < -0.39 is 17.6 Å². The maximum atomic E-state index is 14.3. The normalized spacial score (nSPS) is 11.3. The second kappa shape index (κ2) is 12.1. The van der Waals surface area contributed by atoms with Gasteiger partial charge in [0.2, 0.25) is 0 Å². The molecule has 196 valence electrons. The molecule has 0 unspecified atom stereocenters. The summed E-state index contributed by atoms with van der Waals surface area (Å²) < 4.78 is 27.0. The fourth-order valence-corrected chi connectivity index (χ4v) is 4.25. The molecular formula is C30H30FN3O4. The van der Waals surface area contributed by atoms with Gasteiger partial charge in [0.15, 0.2) is 11.5 Å². The number of amides is 2. The van der Waals surface area contributed by atoms with E-state index in [1.54, 1.807) is 32.4 Å². The molecule has 8 heteroatoms. The van der Waals surface area contributed by atoms with Crippen LogP contribution in [0.15, 0.2) is 78.6 Å². The Morgan fingerprint density at radius 3 is 2.45 bits per heavy atom. The van der Waals surface area contributed by atoms with Crippen molar-refractivity contribution in [2.75, 3.05) is 20.8 Å². The van der Waals surface area contributed by atoms with Crippen molar-refractivity contribution in [3.8, 4) is 11.5 Å². The van der Waals surface area contributed by atoms with Crippen molar-refractivity contribution in [3.63, 3.8) is 0 Å². The SMILES string of the molecule is CCn1cc(C=C(NC(=O)c2ccccc2F)C(=O)NCCc2ccc(OC)c(OC)c2)c2ccccc21. The largest absolute Gasteiger partial charge is 0.493 e. The lowest BCUT2D eigenvalue weighted by Crippen LogP contribution is -2.36. The molecule has 0 spiro atoms. The number of ether oxygens (including phenoxy) is 2. The molecule has 0 aliphatic rings. The molecule has 3 aromatic carbocycles. The molecule has 0 radical (unpaired) electrons. The number of fused-ring (bicyclic) bond motifs is 1. The van der Waals surface area contributed by atoms with Gasteiger partial charge in [-0.2, -0.15) is 0 Å². The number of methoxy groups -OCH3 is 2. The van der Waals surface area contributed by atoms with Gasteiger partial charge in [-0.3, -0.25) is 9.59 Å². The number of hydrogen-bond acceptors (Lipinski definition) is 4. The van der Waals surface area contributed by atoms with Crippen LogP contribution in [0.3, 0.4) is 0 Å². The summed E-state index contributed by atoms with van der Waals surface area (Å²) in [4.78, 5) is 26.2. The van der Waals surface area contributed by atoms with Crippen molar-refractivity contribution in [2.24, 2.45) is 0 Å². The molecule has 38 heavy (non-hydrogen) atoms. The van der Waals surface area contributed by atoms with Gasteiger partial charge < -0.3 is 24.7 Å². The van der Waals surface area contributed by atoms with Crippen molar-refractivity contribution in [2.45, 2.75) is 19.9 Å². The Labute approximate surface area is 220 Å². The van der Waals surface area contributed by atoms with Gasteiger partial charge in [-0.05, 0) is 55.3 Å². The zero-order valence-electron chi connectivity index (χ0n) is 21.6. The first kappa shape index (κ1) is 26.5. The maximum Gasteiger partial charge on any atom is 0.267 e. The second-order valence-electron chi connectivity index (χ2n) is 8.57. The number of aryl methyl sites for hydroxylation is 1. The third-order valence-electron chi connectivity index (χ3n) is 6.22. The molecule has 7 nitrogen and oxygen atoms in total. The van der Waals surface area contributed by atoms with Crippen LogP contribution >= 0.6 is 0 Å². The molecule has 1 heterocycles. The molecule has 0 atom stereocenters. The van der Waals surface area contributed by atoms with E-state index in [4.69, 9.17) is 9.47 Å². The lowest BCUT2D eigenvalue weighted by Gasteiger charge is -2.12. The summed E-state index contributed by atoms with van der Waals surface area (Å²) in [5.74, 6) is -0.637. The van der Waals surface area contributed by atoms with Gasteiger partial charge in [0.25, 0.3) is 11.8 Å². The number of halogens is 1. The van der Waals surface area contributed by atoms with E-state index in [0.29, 0.717) is 24.5 Å². The van der Waals surface area contributed by atoms with Gasteiger partial charge >= 0.3 is 0 Å². The van der Waals surface area contributed by atoms with Crippen LogP contribution in [0, 0.1) is 5.82 Å². The summed E-state index contributed by atoms with van der Waals surface area (Å²) in [6.45, 7) is 3.07. The number of rotatable bonds is 10. The van der Waals surface area contributed by atoms with Gasteiger partial charge in [-0.1, -0.05) is 36.4 Å². The van der Waals surface area contributed by atoms with Crippen LogP contribution in [0.25, 0.3) is 17.0 Å². The monoisotopic (exact) mass is 515 g/mol. The van der Waals surface area contributed by atoms with Gasteiger partial charge in [-0.15, -0.1) is 0 Å². The fourth-order valence-electron chi connectivity index (χ4n) is 4.25. The van der Waals surface area contributed by atoms with E-state index in [-0.39, 0.29) is 11.3 Å². The summed E-state index contributed by atoms with van der Waals surface area (Å²) in [6, 6.07) is 19.0. The predicted octanol–water partition coefficient (Wildman–Crippen LogP) is 4.95. The summed E-state index contributed by atoms with van der Waals surface area (Å²) in [7, 11) is 3.13. The minimum atomic E-state index is -0.705. The first-order valence-corrected chi connectivity index (χ1v) is 12.3. The molecule has 2 N–H and O–H groups in total. The number of hydrogen-bond donors (Lipinski definition) is 2. The third-order valence-corrected chi connectivity index (χ3v) is 6.22. The highest BCUT2D eigenvalue weighted by molar-refractivity contribution is 6.06. The van der Waals surface area contributed by atoms with Crippen LogP contribution in [0.2, 0.25) is 0 Å². The Balaban J connectivity index is 1.59. The van der Waals surface area contributed by atoms with Crippen LogP contribution in [0.1, 0.15) is 28.4 Å². The number of benzene rings is 3. The standard InChI is InChI=1S/C30H30FN3O4/c1-4-34-19-21(22-9-6-8-12-26(22)34)18-25(33-29(35)23-10-5-7-11-24(23)31)30(36)32-16-15-20-13-14-27(37-2)28(17-20)38-3/h5-14,17-19H,4,15-16H2,1-3H3,(H,32,36)(H,33,35). The molecule has 0 fully saturated rings. The number of nitrogens with zero attached hydrogens (tertiary/aromatic N) is 1. The molecular weight excluding hydrogens is 485 g/mol. The number of aromatic nitrogens is 1. The van der Waals surface area contributed by atoms with Crippen molar-refractivity contribution in [1.29, 1.82) is 0 Å². The molecule has 4 aromatic rings. The first-order chi connectivity index (χ1) is 18.4. The zero-order chi connectivity index (χ0) is 27.1. The molecule has 2 amide bonds. The van der Waals surface area contributed by atoms with E-state index in [0.717, 1.165) is 28.6 Å². The van der Waals surface area contributed by atoms with Gasteiger partial charge in [-0.25, -0.2) is 4.39 Å². The van der Waals surface area contributed by atoms with Gasteiger partial charge in [0.05, 0.1) is 19.8 Å². The van der Waals surface area contributed by atoms with Crippen molar-refractivity contribution < 1.29 is 23.5 Å². The Morgan fingerprint density at radius 2 is 1.71 bits per heavy atom. The summed E-state index contributed by atoms with van der Waals surface area (Å²) >= 11 is 0. The Kier molecular flexibility index (Phi) is 8.43. The number of para-hydroxylation sites is 1. The zero-order valence-corrected chi connectivity index (χ0v) is 21.6. The van der Waals surface area contributed by atoms with Crippen molar-refractivity contribution in [3.05, 3.63) is 101 Å². The van der Waals surface area contributed by atoms with Crippen molar-refractivity contribution >= 4 is 28.8 Å². The number of carbonyl (C=O) groups is 2. The van der Waals surface area contributed by atoms with E-state index in [2.05, 4.69) is 15.2 Å². The fraction of sp³-hybridized carbons (Fsp3) is 0.200. The highest BCUT2D eigenvalue weighted by Crippen LogP contribution is 2.27. The molecule has 0 bridgehead atoms. The van der Waals surface area contributed by atoms with Crippen LogP contribution in [0.4, 0.5) is 4.39 Å². The van der Waals surface area contributed by atoms with Crippen LogP contribution in [-0.4, -0.2) is 37.1 Å². The molecule has 0 aliphatic carbocycles. The summed E-state index contributed by atoms with van der Waals surface area (Å²) in [5, 5.41) is 6.42. The minimum Gasteiger partial charge on any atom is -0.493 e. The number of carbonyl (C=O) groups excluding carboxylic acids is 2. The van der Waals surface area contributed by atoms with E-state index >= 15 is 0 Å². The smallest absolute Gasteiger partial charge is 0.267 e. The average molecular weight is 516 g/mol. The Morgan fingerprint density at radius 1 is 0.974 bits per heavy atom. The molecule has 0 saturated heterocycles. The summed E-state index contributed by atoms with van der Waals surface area (Å²) in [5.41, 5.74) is 2.59. The van der Waals surface area contributed by atoms with Crippen molar-refractivity contribution in [1.82, 2.24) is 15.2 Å². The lowest BCUT2D eigenvalue weighted by atomic mass is 10.1. The van der Waals surface area contributed by atoms with Crippen LogP contribution in [-0.2, 0) is 17.8 Å². The molecule has 1 aromatic heterocycles. The lowest BCUT2D eigenvalue weighted by molar-refractivity contribution is -0.117. The van der Waals surface area contributed by atoms with Crippen LogP contribution < -0.4 is 20.1 Å². The van der Waals surface area contributed by atoms with Crippen LogP contribution in [0.5, 0.6) is 11.5 Å². The quantitative estimate of drug-likeness (QED) is 0.293. The highest BCUT2D eigenvalue weighted by atomic mass is 19.1. The molecule has 0 aliphatic heterocycles. The highest BCUT2D eigenvalue weighted by Gasteiger charge is 2.18. The van der Waals surface area contributed by atoms with Gasteiger partial charge in [0.1, 0.15) is 11.5 Å². The molecule has 0 saturated carbocycles. The predicted molar refractivity (Wildman–Crippen MR) is 146 cm³/mol. The van der Waals surface area contributed by atoms with E-state index in [9.17, 15) is 14.0 Å².